The van der Waals surface area contributed by atoms with Crippen molar-refractivity contribution < 1.29 is 28.5 Å². The maximum absolute atomic E-state index is 11.8. The summed E-state index contributed by atoms with van der Waals surface area (Å²) in [7, 11) is 1.60. The molecule has 7 heteroatoms. The Labute approximate surface area is 249 Å². The number of carbonyl (C=O) groups excluding carboxylic acids is 1. The van der Waals surface area contributed by atoms with Crippen LogP contribution in [-0.2, 0) is 16.1 Å². The molecule has 0 spiro atoms. The zero-order valence-corrected chi connectivity index (χ0v) is 25.5. The first-order chi connectivity index (χ1) is 20.5. The summed E-state index contributed by atoms with van der Waals surface area (Å²) in [5.41, 5.74) is 5.59. The second kappa shape index (κ2) is 15.2. The van der Waals surface area contributed by atoms with Crippen LogP contribution in [0, 0.1) is 6.92 Å². The molecule has 224 valence electrons. The quantitative estimate of drug-likeness (QED) is 0.100. The highest BCUT2D eigenvalue weighted by Gasteiger charge is 2.18. The summed E-state index contributed by atoms with van der Waals surface area (Å²) in [5.74, 6) is 2.40. The van der Waals surface area contributed by atoms with Crippen molar-refractivity contribution in [3.63, 3.8) is 0 Å². The Morgan fingerprint density at radius 2 is 1.48 bits per heavy atom. The van der Waals surface area contributed by atoms with E-state index in [0.29, 0.717) is 31.3 Å². The van der Waals surface area contributed by atoms with Crippen LogP contribution in [0.5, 0.6) is 23.0 Å². The van der Waals surface area contributed by atoms with Crippen LogP contribution in [0.25, 0.3) is 22.2 Å². The van der Waals surface area contributed by atoms with Crippen LogP contribution in [0.1, 0.15) is 57.6 Å². The lowest BCUT2D eigenvalue weighted by atomic mass is 10.1. The summed E-state index contributed by atoms with van der Waals surface area (Å²) in [5, 5.41) is 1.16. The van der Waals surface area contributed by atoms with Gasteiger partial charge in [-0.25, -0.2) is 4.79 Å². The zero-order chi connectivity index (χ0) is 29.9. The van der Waals surface area contributed by atoms with Crippen molar-refractivity contribution in [1.29, 1.82) is 0 Å². The van der Waals surface area contributed by atoms with Crippen LogP contribution in [0.2, 0.25) is 0 Å². The average Bonchev–Trinajstić information content (AvgIpc) is 3.27. The molecule has 4 rings (SSSR count). The minimum atomic E-state index is -0.414. The molecule has 42 heavy (non-hydrogen) atoms. The highest BCUT2D eigenvalue weighted by atomic mass is 16.6. The molecule has 3 aromatic carbocycles. The molecule has 0 radical (unpaired) electrons. The Bertz CT molecular complexity index is 1460. The number of hydrogen-bond acceptors (Lipinski definition) is 6. The van der Waals surface area contributed by atoms with Gasteiger partial charge in [0.25, 0.3) is 0 Å². The van der Waals surface area contributed by atoms with Gasteiger partial charge in [-0.15, -0.1) is 0 Å². The number of nitrogens with zero attached hydrogens (tertiary/aromatic N) is 1. The highest BCUT2D eigenvalue weighted by Crippen LogP contribution is 2.37. The highest BCUT2D eigenvalue weighted by molar-refractivity contribution is 5.92. The molecule has 1 heterocycles. The van der Waals surface area contributed by atoms with E-state index in [2.05, 4.69) is 55.7 Å². The van der Waals surface area contributed by atoms with Crippen molar-refractivity contribution in [2.45, 2.75) is 59.9 Å². The predicted octanol–water partition coefficient (Wildman–Crippen LogP) is 7.97. The van der Waals surface area contributed by atoms with E-state index < -0.39 is 5.97 Å². The van der Waals surface area contributed by atoms with Crippen LogP contribution in [0.15, 0.2) is 60.7 Å². The molecule has 0 fully saturated rings. The Morgan fingerprint density at radius 3 is 2.14 bits per heavy atom. The van der Waals surface area contributed by atoms with Gasteiger partial charge in [-0.2, -0.15) is 0 Å². The molecule has 7 nitrogen and oxygen atoms in total. The fourth-order valence-electron chi connectivity index (χ4n) is 4.96. The van der Waals surface area contributed by atoms with E-state index in [4.69, 9.17) is 23.7 Å². The molecule has 0 N–H and O–H groups in total. The van der Waals surface area contributed by atoms with Gasteiger partial charge in [0.05, 0.1) is 32.6 Å². The van der Waals surface area contributed by atoms with E-state index in [9.17, 15) is 4.79 Å². The Balaban J connectivity index is 1.70. The van der Waals surface area contributed by atoms with Crippen molar-refractivity contribution in [3.8, 4) is 34.3 Å². The Morgan fingerprint density at radius 1 is 0.786 bits per heavy atom. The van der Waals surface area contributed by atoms with Gasteiger partial charge in [0.15, 0.2) is 18.1 Å². The number of hydrogen-bond donors (Lipinski definition) is 0. The molecular weight excluding hydrogens is 530 g/mol. The standard InChI is InChI=1S/C35H43NO6/c1-6-9-19-40-28-14-12-27(13-15-28)35-25(4)30-22-29(41-20-10-7-2)16-17-31(30)36(35)23-26-11-18-32(33(21-26)38-5)42-24-34(37)39-8-3/h11-18,21-22H,6-10,19-20,23-24H2,1-5H3. The van der Waals surface area contributed by atoms with Crippen molar-refractivity contribution >= 4 is 16.9 Å². The summed E-state index contributed by atoms with van der Waals surface area (Å²) in [6, 6.07) is 20.5. The van der Waals surface area contributed by atoms with Gasteiger partial charge in [0.2, 0.25) is 0 Å². The molecule has 0 saturated carbocycles. The van der Waals surface area contributed by atoms with Crippen LogP contribution in [-0.4, -0.2) is 44.1 Å². The molecule has 0 saturated heterocycles. The van der Waals surface area contributed by atoms with Crippen LogP contribution < -0.4 is 18.9 Å². The van der Waals surface area contributed by atoms with Gasteiger partial charge < -0.3 is 28.3 Å². The third-order valence-electron chi connectivity index (χ3n) is 7.17. The first kappa shape index (κ1) is 30.8. The number of fused-ring (bicyclic) bond motifs is 1. The summed E-state index contributed by atoms with van der Waals surface area (Å²) >= 11 is 0. The minimum absolute atomic E-state index is 0.171. The number of methoxy groups -OCH3 is 1. The zero-order valence-electron chi connectivity index (χ0n) is 25.5. The van der Waals surface area contributed by atoms with Crippen LogP contribution >= 0.6 is 0 Å². The van der Waals surface area contributed by atoms with Gasteiger partial charge in [-0.05, 0) is 98.0 Å². The molecule has 0 unspecified atom stereocenters. The van der Waals surface area contributed by atoms with Crippen molar-refractivity contribution in [2.75, 3.05) is 33.5 Å². The fourth-order valence-corrected chi connectivity index (χ4v) is 4.96. The summed E-state index contributed by atoms with van der Waals surface area (Å²) in [6.45, 7) is 10.4. The molecule has 0 aliphatic rings. The molecule has 0 atom stereocenters. The lowest BCUT2D eigenvalue weighted by molar-refractivity contribution is -0.145. The number of esters is 1. The summed E-state index contributed by atoms with van der Waals surface area (Å²) in [4.78, 5) is 11.8. The second-order valence-corrected chi connectivity index (χ2v) is 10.2. The number of aryl methyl sites for hydroxylation is 1. The molecule has 0 aliphatic carbocycles. The lowest BCUT2D eigenvalue weighted by Crippen LogP contribution is -2.15. The van der Waals surface area contributed by atoms with E-state index in [0.717, 1.165) is 71.5 Å². The predicted molar refractivity (Wildman–Crippen MR) is 167 cm³/mol. The number of aromatic nitrogens is 1. The minimum Gasteiger partial charge on any atom is -0.494 e. The third kappa shape index (κ3) is 7.58. The molecular formula is C35H43NO6. The maximum atomic E-state index is 11.8. The Kier molecular flexibility index (Phi) is 11.2. The second-order valence-electron chi connectivity index (χ2n) is 10.2. The number of benzene rings is 3. The molecule has 0 bridgehead atoms. The first-order valence-corrected chi connectivity index (χ1v) is 14.9. The molecule has 1 aromatic heterocycles. The fraction of sp³-hybridized carbons (Fsp3) is 0.400. The van der Waals surface area contributed by atoms with E-state index in [1.54, 1.807) is 14.0 Å². The number of carbonyl (C=O) groups is 1. The van der Waals surface area contributed by atoms with Crippen molar-refractivity contribution in [1.82, 2.24) is 4.57 Å². The lowest BCUT2D eigenvalue weighted by Gasteiger charge is -2.15. The van der Waals surface area contributed by atoms with E-state index >= 15 is 0 Å². The van der Waals surface area contributed by atoms with Crippen LogP contribution in [0.4, 0.5) is 0 Å². The third-order valence-corrected chi connectivity index (χ3v) is 7.17. The van der Waals surface area contributed by atoms with Crippen molar-refractivity contribution in [2.24, 2.45) is 0 Å². The molecule has 0 amide bonds. The number of unbranched alkanes of at least 4 members (excludes halogenated alkanes) is 2. The van der Waals surface area contributed by atoms with Crippen LogP contribution in [0.3, 0.4) is 0 Å². The first-order valence-electron chi connectivity index (χ1n) is 14.9. The van der Waals surface area contributed by atoms with Gasteiger partial charge in [-0.3, -0.25) is 0 Å². The van der Waals surface area contributed by atoms with Gasteiger partial charge in [-0.1, -0.05) is 32.8 Å². The largest absolute Gasteiger partial charge is 0.494 e. The number of ether oxygens (including phenoxy) is 5. The van der Waals surface area contributed by atoms with Gasteiger partial charge in [0, 0.05) is 17.4 Å². The smallest absolute Gasteiger partial charge is 0.344 e. The van der Waals surface area contributed by atoms with E-state index in [1.165, 1.54) is 5.56 Å². The monoisotopic (exact) mass is 573 g/mol. The summed E-state index contributed by atoms with van der Waals surface area (Å²) < 4.78 is 30.6. The SMILES string of the molecule is CCCCOc1ccc(-c2c(C)c3cc(OCCCC)ccc3n2Cc2ccc(OCC(=O)OCC)c(OC)c2)cc1. The topological polar surface area (TPSA) is 68.2 Å². The van der Waals surface area contributed by atoms with E-state index in [-0.39, 0.29) is 6.61 Å². The number of rotatable bonds is 16. The average molecular weight is 574 g/mol. The van der Waals surface area contributed by atoms with E-state index in [1.807, 2.05) is 30.3 Å². The normalized spacial score (nSPS) is 11.0. The summed E-state index contributed by atoms with van der Waals surface area (Å²) in [6.07, 6.45) is 4.26. The van der Waals surface area contributed by atoms with Crippen molar-refractivity contribution in [3.05, 3.63) is 71.8 Å². The molecule has 4 aromatic rings. The Hall–Kier alpha value is -4.13. The van der Waals surface area contributed by atoms with Gasteiger partial charge >= 0.3 is 5.97 Å². The molecule has 0 aliphatic heterocycles. The van der Waals surface area contributed by atoms with Gasteiger partial charge in [0.1, 0.15) is 11.5 Å². The maximum Gasteiger partial charge on any atom is 0.344 e.